The van der Waals surface area contributed by atoms with Gasteiger partial charge in [-0.15, -0.1) is 0 Å². The van der Waals surface area contributed by atoms with E-state index in [-0.39, 0.29) is 5.78 Å². The van der Waals surface area contributed by atoms with Crippen LogP contribution in [0.3, 0.4) is 0 Å². The number of nitrogens with zero attached hydrogens (tertiary/aromatic N) is 4. The molecule has 6 nitrogen and oxygen atoms in total. The molecule has 0 fully saturated rings. The Kier molecular flexibility index (Phi) is 3.59. The second-order valence-corrected chi connectivity index (χ2v) is 4.64. The Labute approximate surface area is 121 Å². The fraction of sp³-hybridized carbons (Fsp3) is 0.200. The lowest BCUT2D eigenvalue weighted by Crippen LogP contribution is -2.10. The van der Waals surface area contributed by atoms with E-state index in [0.29, 0.717) is 18.9 Å². The summed E-state index contributed by atoms with van der Waals surface area (Å²) in [7, 11) is 1.51. The molecule has 0 aliphatic heterocycles. The summed E-state index contributed by atoms with van der Waals surface area (Å²) in [5.74, 6) is 0.102. The van der Waals surface area contributed by atoms with Gasteiger partial charge in [0.25, 0.3) is 0 Å². The third-order valence-corrected chi connectivity index (χ3v) is 3.16. The summed E-state index contributed by atoms with van der Waals surface area (Å²) >= 11 is 0. The predicted molar refractivity (Wildman–Crippen MR) is 76.2 cm³/mol. The van der Waals surface area contributed by atoms with Crippen molar-refractivity contribution in [3.05, 3.63) is 54.2 Å². The zero-order chi connectivity index (χ0) is 14.7. The molecular weight excluding hydrogens is 268 g/mol. The third-order valence-electron chi connectivity index (χ3n) is 3.16. The molecule has 0 aliphatic rings. The number of fused-ring (bicyclic) bond motifs is 1. The van der Waals surface area contributed by atoms with Gasteiger partial charge in [-0.3, -0.25) is 4.79 Å². The standard InChI is InChI=1S/C15H14N4O2/c1-21-15-17-9-11(10-18-15)7-13(20)8-12-3-2-4-14-16-5-6-19(12)14/h2-6,9-10H,7-8H2,1H3. The highest BCUT2D eigenvalue weighted by Crippen LogP contribution is 2.09. The first-order valence-electron chi connectivity index (χ1n) is 6.54. The molecule has 3 heterocycles. The van der Waals surface area contributed by atoms with Gasteiger partial charge in [-0.1, -0.05) is 6.07 Å². The summed E-state index contributed by atoms with van der Waals surface area (Å²) in [4.78, 5) is 24.4. The normalized spacial score (nSPS) is 10.7. The number of hydrogen-bond acceptors (Lipinski definition) is 5. The average Bonchev–Trinajstić information content (AvgIpc) is 2.97. The van der Waals surface area contributed by atoms with Crippen LogP contribution in [0.2, 0.25) is 0 Å². The van der Waals surface area contributed by atoms with Crippen molar-refractivity contribution < 1.29 is 9.53 Å². The van der Waals surface area contributed by atoms with Gasteiger partial charge in [0.2, 0.25) is 0 Å². The summed E-state index contributed by atoms with van der Waals surface area (Å²) in [5.41, 5.74) is 2.54. The van der Waals surface area contributed by atoms with Crippen LogP contribution in [0.15, 0.2) is 43.0 Å². The summed E-state index contributed by atoms with van der Waals surface area (Å²) in [6.45, 7) is 0. The summed E-state index contributed by atoms with van der Waals surface area (Å²) in [6, 6.07) is 6.04. The number of methoxy groups -OCH3 is 1. The molecule has 0 N–H and O–H groups in total. The lowest BCUT2D eigenvalue weighted by atomic mass is 10.1. The Morgan fingerprint density at radius 3 is 2.76 bits per heavy atom. The van der Waals surface area contributed by atoms with Crippen LogP contribution in [0.5, 0.6) is 6.01 Å². The number of rotatable bonds is 5. The van der Waals surface area contributed by atoms with Gasteiger partial charge in [0, 0.05) is 43.3 Å². The number of hydrogen-bond donors (Lipinski definition) is 0. The fourth-order valence-electron chi connectivity index (χ4n) is 2.18. The smallest absolute Gasteiger partial charge is 0.316 e. The number of carbonyl (C=O) groups excluding carboxylic acids is 1. The van der Waals surface area contributed by atoms with E-state index in [1.165, 1.54) is 7.11 Å². The Morgan fingerprint density at radius 1 is 1.19 bits per heavy atom. The Balaban J connectivity index is 1.72. The van der Waals surface area contributed by atoms with Crippen LogP contribution in [-0.4, -0.2) is 32.2 Å². The maximum absolute atomic E-state index is 12.2. The van der Waals surface area contributed by atoms with E-state index in [4.69, 9.17) is 4.74 Å². The molecule has 0 bridgehead atoms. The zero-order valence-electron chi connectivity index (χ0n) is 11.6. The monoisotopic (exact) mass is 282 g/mol. The molecule has 0 saturated heterocycles. The third kappa shape index (κ3) is 2.89. The molecule has 0 spiro atoms. The van der Waals surface area contributed by atoms with Gasteiger partial charge < -0.3 is 9.14 Å². The van der Waals surface area contributed by atoms with Crippen molar-refractivity contribution in [2.45, 2.75) is 12.8 Å². The molecular formula is C15H14N4O2. The van der Waals surface area contributed by atoms with Crippen LogP contribution in [0, 0.1) is 0 Å². The Hall–Kier alpha value is -2.76. The van der Waals surface area contributed by atoms with Crippen LogP contribution in [0.4, 0.5) is 0 Å². The number of aromatic nitrogens is 4. The zero-order valence-corrected chi connectivity index (χ0v) is 11.6. The lowest BCUT2D eigenvalue weighted by Gasteiger charge is -2.05. The first-order valence-corrected chi connectivity index (χ1v) is 6.54. The maximum Gasteiger partial charge on any atom is 0.316 e. The van der Waals surface area contributed by atoms with Gasteiger partial charge >= 0.3 is 6.01 Å². The number of imidazole rings is 1. The van der Waals surface area contributed by atoms with Crippen molar-refractivity contribution in [1.82, 2.24) is 19.4 Å². The molecule has 0 aromatic carbocycles. The second-order valence-electron chi connectivity index (χ2n) is 4.64. The van der Waals surface area contributed by atoms with Crippen LogP contribution in [0.25, 0.3) is 5.65 Å². The van der Waals surface area contributed by atoms with Crippen LogP contribution in [0.1, 0.15) is 11.3 Å². The van der Waals surface area contributed by atoms with Crippen LogP contribution in [-0.2, 0) is 17.6 Å². The number of Topliss-reactive ketones (excluding diaryl/α,β-unsaturated/α-hetero) is 1. The van der Waals surface area contributed by atoms with Gasteiger partial charge in [0.05, 0.1) is 7.11 Å². The molecule has 106 valence electrons. The summed E-state index contributed by atoms with van der Waals surface area (Å²) < 4.78 is 6.81. The largest absolute Gasteiger partial charge is 0.467 e. The highest BCUT2D eigenvalue weighted by molar-refractivity contribution is 5.82. The lowest BCUT2D eigenvalue weighted by molar-refractivity contribution is -0.117. The van der Waals surface area contributed by atoms with Gasteiger partial charge in [0.15, 0.2) is 0 Å². The predicted octanol–water partition coefficient (Wildman–Crippen LogP) is 1.49. The highest BCUT2D eigenvalue weighted by Gasteiger charge is 2.09. The molecule has 0 unspecified atom stereocenters. The van der Waals surface area contributed by atoms with E-state index in [1.807, 2.05) is 28.8 Å². The molecule has 0 atom stereocenters. The van der Waals surface area contributed by atoms with Crippen molar-refractivity contribution >= 4 is 11.4 Å². The molecule has 3 aromatic rings. The fourth-order valence-corrected chi connectivity index (χ4v) is 2.18. The van der Waals surface area contributed by atoms with Gasteiger partial charge in [-0.05, 0) is 17.7 Å². The molecule has 3 aromatic heterocycles. The van der Waals surface area contributed by atoms with Crippen LogP contribution >= 0.6 is 0 Å². The topological polar surface area (TPSA) is 69.4 Å². The average molecular weight is 282 g/mol. The van der Waals surface area contributed by atoms with E-state index < -0.39 is 0 Å². The van der Waals surface area contributed by atoms with Crippen molar-refractivity contribution in [3.8, 4) is 6.01 Å². The van der Waals surface area contributed by atoms with E-state index in [2.05, 4.69) is 15.0 Å². The molecule has 0 saturated carbocycles. The molecule has 3 rings (SSSR count). The number of pyridine rings is 1. The maximum atomic E-state index is 12.2. The first kappa shape index (κ1) is 13.2. The van der Waals surface area contributed by atoms with Gasteiger partial charge in [-0.25, -0.2) is 15.0 Å². The minimum Gasteiger partial charge on any atom is -0.467 e. The molecule has 6 heteroatoms. The second kappa shape index (κ2) is 5.70. The van der Waals surface area contributed by atoms with E-state index in [0.717, 1.165) is 16.9 Å². The van der Waals surface area contributed by atoms with Crippen molar-refractivity contribution in [1.29, 1.82) is 0 Å². The SMILES string of the molecule is COc1ncc(CC(=O)Cc2cccc3nccn23)cn1. The Bertz CT molecular complexity index is 765. The first-order chi connectivity index (χ1) is 10.3. The van der Waals surface area contributed by atoms with Crippen molar-refractivity contribution in [3.63, 3.8) is 0 Å². The number of ether oxygens (including phenoxy) is 1. The minimum absolute atomic E-state index is 0.102. The molecule has 0 radical (unpaired) electrons. The molecule has 21 heavy (non-hydrogen) atoms. The minimum atomic E-state index is 0.102. The van der Waals surface area contributed by atoms with E-state index in [1.54, 1.807) is 18.6 Å². The number of carbonyl (C=O) groups is 1. The van der Waals surface area contributed by atoms with E-state index >= 15 is 0 Å². The quantitative estimate of drug-likeness (QED) is 0.709. The van der Waals surface area contributed by atoms with Crippen molar-refractivity contribution in [2.75, 3.05) is 7.11 Å². The highest BCUT2D eigenvalue weighted by atomic mass is 16.5. The number of ketones is 1. The summed E-state index contributed by atoms with van der Waals surface area (Å²) in [5, 5.41) is 0. The van der Waals surface area contributed by atoms with Gasteiger partial charge in [-0.2, -0.15) is 0 Å². The summed E-state index contributed by atoms with van der Waals surface area (Å²) in [6.07, 6.45) is 7.45. The molecule has 0 amide bonds. The van der Waals surface area contributed by atoms with Gasteiger partial charge in [0.1, 0.15) is 11.4 Å². The van der Waals surface area contributed by atoms with E-state index in [9.17, 15) is 4.79 Å². The van der Waals surface area contributed by atoms with Crippen LogP contribution < -0.4 is 4.74 Å². The molecule has 0 aliphatic carbocycles. The van der Waals surface area contributed by atoms with Crippen molar-refractivity contribution in [2.24, 2.45) is 0 Å². The Morgan fingerprint density at radius 2 is 2.00 bits per heavy atom.